The summed E-state index contributed by atoms with van der Waals surface area (Å²) in [5.74, 6) is -1.80. The third-order valence-corrected chi connectivity index (χ3v) is 7.04. The minimum atomic E-state index is -3.90. The molecule has 3 aromatic rings. The van der Waals surface area contributed by atoms with E-state index >= 15 is 0 Å². The van der Waals surface area contributed by atoms with E-state index in [1.165, 1.54) is 44.4 Å². The molecule has 32 heavy (non-hydrogen) atoms. The maximum atomic E-state index is 12.5. The monoisotopic (exact) mass is 478 g/mol. The van der Waals surface area contributed by atoms with E-state index in [0.717, 1.165) is 26.5 Å². The zero-order chi connectivity index (χ0) is 23.5. The highest BCUT2D eigenvalue weighted by molar-refractivity contribution is 7.94. The molecule has 0 bridgehead atoms. The van der Waals surface area contributed by atoms with Crippen LogP contribution < -0.4 is 21.3 Å². The van der Waals surface area contributed by atoms with Crippen molar-refractivity contribution < 1.29 is 22.7 Å². The van der Waals surface area contributed by atoms with E-state index in [2.05, 4.69) is 10.0 Å². The Hall–Kier alpha value is -3.71. The number of esters is 1. The highest BCUT2D eigenvalue weighted by atomic mass is 32.2. The molecule has 168 valence electrons. The van der Waals surface area contributed by atoms with E-state index in [1.54, 1.807) is 11.4 Å². The van der Waals surface area contributed by atoms with Gasteiger partial charge in [0.1, 0.15) is 10.0 Å². The van der Waals surface area contributed by atoms with Gasteiger partial charge in [0, 0.05) is 20.2 Å². The molecule has 1 aromatic carbocycles. The van der Waals surface area contributed by atoms with Gasteiger partial charge >= 0.3 is 11.7 Å². The molecule has 2 aromatic heterocycles. The summed E-state index contributed by atoms with van der Waals surface area (Å²) in [6.45, 7) is -0.728. The number of amides is 1. The van der Waals surface area contributed by atoms with Crippen LogP contribution >= 0.6 is 11.3 Å². The molecule has 0 saturated carbocycles. The fourth-order valence-corrected chi connectivity index (χ4v) is 4.67. The number of anilines is 2. The zero-order valence-corrected chi connectivity index (χ0v) is 18.5. The van der Waals surface area contributed by atoms with Crippen molar-refractivity contribution in [3.63, 3.8) is 0 Å². The first-order valence-electron chi connectivity index (χ1n) is 8.99. The number of nitrogens with zero attached hydrogens (tertiary/aromatic N) is 2. The van der Waals surface area contributed by atoms with Crippen molar-refractivity contribution in [1.82, 2.24) is 9.13 Å². The Morgan fingerprint density at radius 2 is 1.78 bits per heavy atom. The number of rotatable bonds is 7. The zero-order valence-electron chi connectivity index (χ0n) is 16.9. The second-order valence-corrected chi connectivity index (χ2v) is 9.33. The molecule has 0 atom stereocenters. The van der Waals surface area contributed by atoms with E-state index in [1.807, 2.05) is 0 Å². The average Bonchev–Trinajstić information content (AvgIpc) is 3.30. The van der Waals surface area contributed by atoms with Gasteiger partial charge in [-0.05, 0) is 23.6 Å². The van der Waals surface area contributed by atoms with Crippen molar-refractivity contribution in [1.29, 1.82) is 0 Å². The summed E-state index contributed by atoms with van der Waals surface area (Å²) in [6, 6.07) is 9.82. The van der Waals surface area contributed by atoms with E-state index in [0.29, 0.717) is 0 Å². The van der Waals surface area contributed by atoms with E-state index in [9.17, 15) is 27.6 Å². The van der Waals surface area contributed by atoms with Crippen molar-refractivity contribution in [3.05, 3.63) is 74.2 Å². The molecule has 13 heteroatoms. The van der Waals surface area contributed by atoms with Gasteiger partial charge in [0.05, 0.1) is 11.3 Å². The molecule has 3 rings (SSSR count). The minimum absolute atomic E-state index is 0.0136. The van der Waals surface area contributed by atoms with Gasteiger partial charge in [0.15, 0.2) is 6.61 Å². The molecule has 0 aliphatic heterocycles. The number of hydrogen-bond acceptors (Lipinski definition) is 8. The van der Waals surface area contributed by atoms with E-state index in [4.69, 9.17) is 4.74 Å². The fraction of sp³-hybridized carbons (Fsp3) is 0.158. The first-order valence-corrected chi connectivity index (χ1v) is 11.4. The lowest BCUT2D eigenvalue weighted by atomic mass is 10.2. The van der Waals surface area contributed by atoms with Crippen LogP contribution in [0.3, 0.4) is 0 Å². The summed E-state index contributed by atoms with van der Waals surface area (Å²) >= 11 is 1.01. The predicted octanol–water partition coefficient (Wildman–Crippen LogP) is 0.742. The average molecular weight is 479 g/mol. The maximum absolute atomic E-state index is 12.5. The largest absolute Gasteiger partial charge is 0.452 e. The van der Waals surface area contributed by atoms with E-state index in [-0.39, 0.29) is 21.3 Å². The lowest BCUT2D eigenvalue weighted by molar-refractivity contribution is -0.119. The molecular formula is C19H18N4O7S2. The summed E-state index contributed by atoms with van der Waals surface area (Å²) < 4.78 is 34.2. The first kappa shape index (κ1) is 23.0. The molecule has 0 fully saturated rings. The minimum Gasteiger partial charge on any atom is -0.452 e. The second-order valence-electron chi connectivity index (χ2n) is 6.48. The Labute approximate surface area is 185 Å². The van der Waals surface area contributed by atoms with Crippen molar-refractivity contribution in [2.75, 3.05) is 16.6 Å². The molecule has 11 nitrogen and oxygen atoms in total. The topological polar surface area (TPSA) is 146 Å². The standard InChI is InChI=1S/C19H18N4O7S2/c1-22-14(10-16(25)23(2)19(22)27)20-15(24)11-30-18(26)12-6-3-4-7-13(12)21-32(28,29)17-8-5-9-31-17/h3-10,21H,11H2,1-2H3,(H,20,24). The Balaban J connectivity index is 1.70. The summed E-state index contributed by atoms with van der Waals surface area (Å²) in [5.41, 5.74) is -1.37. The summed E-state index contributed by atoms with van der Waals surface area (Å²) in [6.07, 6.45) is 0. The smallest absolute Gasteiger partial charge is 0.340 e. The Bertz CT molecular complexity index is 1390. The molecule has 0 radical (unpaired) electrons. The summed E-state index contributed by atoms with van der Waals surface area (Å²) in [4.78, 5) is 48.3. The molecule has 2 N–H and O–H groups in total. The molecule has 0 unspecified atom stereocenters. The SMILES string of the molecule is Cn1c(NC(=O)COC(=O)c2ccccc2NS(=O)(=O)c2cccs2)cc(=O)n(C)c1=O. The van der Waals surface area contributed by atoms with Gasteiger partial charge in [0.2, 0.25) is 0 Å². The molecular weight excluding hydrogens is 460 g/mol. The number of thiophene rings is 1. The number of carbonyl (C=O) groups excluding carboxylic acids is 2. The normalized spacial score (nSPS) is 11.1. The van der Waals surface area contributed by atoms with Crippen LogP contribution in [-0.4, -0.2) is 36.0 Å². The Kier molecular flexibility index (Phi) is 6.60. The molecule has 0 aliphatic rings. The van der Waals surface area contributed by atoms with Gasteiger partial charge < -0.3 is 10.1 Å². The number of carbonyl (C=O) groups is 2. The second kappa shape index (κ2) is 9.20. The van der Waals surface area contributed by atoms with E-state index < -0.39 is 39.8 Å². The Morgan fingerprint density at radius 3 is 2.47 bits per heavy atom. The van der Waals surface area contributed by atoms with Crippen LogP contribution in [0.1, 0.15) is 10.4 Å². The number of sulfonamides is 1. The van der Waals surface area contributed by atoms with Gasteiger partial charge in [-0.25, -0.2) is 18.0 Å². The van der Waals surface area contributed by atoms with Crippen LogP contribution in [0.5, 0.6) is 0 Å². The van der Waals surface area contributed by atoms with Crippen LogP contribution in [0.4, 0.5) is 11.5 Å². The quantitative estimate of drug-likeness (QED) is 0.476. The fourth-order valence-electron chi connectivity index (χ4n) is 2.60. The summed E-state index contributed by atoms with van der Waals surface area (Å²) in [7, 11) is -1.24. The van der Waals surface area contributed by atoms with Crippen molar-refractivity contribution in [2.24, 2.45) is 14.1 Å². The number of aromatic nitrogens is 2. The number of nitrogens with one attached hydrogen (secondary N) is 2. The number of para-hydroxylation sites is 1. The summed E-state index contributed by atoms with van der Waals surface area (Å²) in [5, 5.41) is 3.92. The molecule has 0 spiro atoms. The van der Waals surface area contributed by atoms with Crippen LogP contribution in [-0.2, 0) is 33.7 Å². The molecule has 0 aliphatic carbocycles. The highest BCUT2D eigenvalue weighted by Gasteiger charge is 2.21. The van der Waals surface area contributed by atoms with Crippen LogP contribution in [0.2, 0.25) is 0 Å². The molecule has 2 heterocycles. The van der Waals surface area contributed by atoms with Gasteiger partial charge in [-0.3, -0.25) is 23.4 Å². The molecule has 0 saturated heterocycles. The third kappa shape index (κ3) is 4.95. The van der Waals surface area contributed by atoms with Gasteiger partial charge in [-0.1, -0.05) is 18.2 Å². The molecule has 1 amide bonds. The van der Waals surface area contributed by atoms with Crippen molar-refractivity contribution in [2.45, 2.75) is 4.21 Å². The predicted molar refractivity (Wildman–Crippen MR) is 117 cm³/mol. The van der Waals surface area contributed by atoms with Crippen LogP contribution in [0.25, 0.3) is 0 Å². The van der Waals surface area contributed by atoms with Gasteiger partial charge in [-0.2, -0.15) is 0 Å². The number of hydrogen-bond donors (Lipinski definition) is 2. The van der Waals surface area contributed by atoms with Crippen LogP contribution in [0.15, 0.2) is 61.6 Å². The number of benzene rings is 1. The number of ether oxygens (including phenoxy) is 1. The lowest BCUT2D eigenvalue weighted by Crippen LogP contribution is -2.38. The van der Waals surface area contributed by atoms with Crippen molar-refractivity contribution in [3.8, 4) is 0 Å². The maximum Gasteiger partial charge on any atom is 0.340 e. The highest BCUT2D eigenvalue weighted by Crippen LogP contribution is 2.23. The van der Waals surface area contributed by atoms with Gasteiger partial charge in [0.25, 0.3) is 21.5 Å². The van der Waals surface area contributed by atoms with Crippen LogP contribution in [0, 0.1) is 0 Å². The lowest BCUT2D eigenvalue weighted by Gasteiger charge is -2.12. The third-order valence-electron chi connectivity index (χ3n) is 4.28. The van der Waals surface area contributed by atoms with Crippen molar-refractivity contribution >= 4 is 44.7 Å². The first-order chi connectivity index (χ1) is 15.1. The Morgan fingerprint density at radius 1 is 1.06 bits per heavy atom. The van der Waals surface area contributed by atoms with Gasteiger partial charge in [-0.15, -0.1) is 11.3 Å².